The number of amides is 1. The summed E-state index contributed by atoms with van der Waals surface area (Å²) < 4.78 is 11.9. The average molecular weight is 522 g/mol. The van der Waals surface area contributed by atoms with Crippen molar-refractivity contribution >= 4 is 27.8 Å². The van der Waals surface area contributed by atoms with Crippen molar-refractivity contribution in [3.63, 3.8) is 0 Å². The highest BCUT2D eigenvalue weighted by Crippen LogP contribution is 2.40. The Morgan fingerprint density at radius 2 is 1.53 bits per heavy atom. The number of halogens is 1. The van der Waals surface area contributed by atoms with Gasteiger partial charge in [0.2, 0.25) is 0 Å². The standard InChI is InChI=1S/C28H28BrNO4/c1-33-25-14-8-6-12-23(25)26(31)30-19-28(20-9-3-2-4-10-20)17-15-21(16-18-28)34-27(32)22-11-5-7-13-24(22)29/h2-14,21H,15-19H2,1H3,(H,30,31)/t21-,28-. The minimum Gasteiger partial charge on any atom is -0.496 e. The van der Waals surface area contributed by atoms with Crippen molar-refractivity contribution in [3.8, 4) is 5.75 Å². The molecule has 34 heavy (non-hydrogen) atoms. The van der Waals surface area contributed by atoms with Crippen LogP contribution in [0.25, 0.3) is 0 Å². The van der Waals surface area contributed by atoms with Gasteiger partial charge in [0.25, 0.3) is 5.91 Å². The van der Waals surface area contributed by atoms with Gasteiger partial charge in [0, 0.05) is 16.4 Å². The SMILES string of the molecule is COc1ccccc1C(=O)NC[C@]1(c2ccccc2)CC[C@H](OC(=O)c2ccccc2Br)CC1. The van der Waals surface area contributed by atoms with Crippen molar-refractivity contribution in [3.05, 3.63) is 100 Å². The highest BCUT2D eigenvalue weighted by Gasteiger charge is 2.38. The quantitative estimate of drug-likeness (QED) is 0.391. The summed E-state index contributed by atoms with van der Waals surface area (Å²) in [5.41, 5.74) is 2.01. The molecule has 1 aliphatic carbocycles. The lowest BCUT2D eigenvalue weighted by Gasteiger charge is -2.40. The Hall–Kier alpha value is -3.12. The van der Waals surface area contributed by atoms with E-state index in [1.807, 2.05) is 48.5 Å². The predicted octanol–water partition coefficient (Wildman–Crippen LogP) is 5.93. The van der Waals surface area contributed by atoms with Gasteiger partial charge in [0.15, 0.2) is 0 Å². The van der Waals surface area contributed by atoms with E-state index in [1.165, 1.54) is 5.56 Å². The van der Waals surface area contributed by atoms with Gasteiger partial charge in [-0.15, -0.1) is 0 Å². The van der Waals surface area contributed by atoms with Crippen LogP contribution in [-0.2, 0) is 10.2 Å². The largest absolute Gasteiger partial charge is 0.496 e. The van der Waals surface area contributed by atoms with Crippen LogP contribution < -0.4 is 10.1 Å². The summed E-state index contributed by atoms with van der Waals surface area (Å²) in [5, 5.41) is 3.14. The fraction of sp³-hybridized carbons (Fsp3) is 0.286. The summed E-state index contributed by atoms with van der Waals surface area (Å²) >= 11 is 3.42. The summed E-state index contributed by atoms with van der Waals surface area (Å²) in [6.45, 7) is 0.499. The number of methoxy groups -OCH3 is 1. The summed E-state index contributed by atoms with van der Waals surface area (Å²) in [7, 11) is 1.56. The third-order valence-corrected chi connectivity index (χ3v) is 7.27. The summed E-state index contributed by atoms with van der Waals surface area (Å²) in [4.78, 5) is 25.7. The van der Waals surface area contributed by atoms with Gasteiger partial charge in [-0.05, 0) is 71.4 Å². The van der Waals surface area contributed by atoms with E-state index >= 15 is 0 Å². The Labute approximate surface area is 208 Å². The van der Waals surface area contributed by atoms with Gasteiger partial charge in [-0.2, -0.15) is 0 Å². The first-order valence-corrected chi connectivity index (χ1v) is 12.2. The first kappa shape index (κ1) is 24.0. The summed E-state index contributed by atoms with van der Waals surface area (Å²) in [6, 6.07) is 24.8. The number of hydrogen-bond acceptors (Lipinski definition) is 4. The van der Waals surface area contributed by atoms with E-state index in [-0.39, 0.29) is 23.4 Å². The molecule has 0 unspecified atom stereocenters. The highest BCUT2D eigenvalue weighted by molar-refractivity contribution is 9.10. The van der Waals surface area contributed by atoms with Crippen molar-refractivity contribution in [2.75, 3.05) is 13.7 Å². The number of hydrogen-bond donors (Lipinski definition) is 1. The highest BCUT2D eigenvalue weighted by atomic mass is 79.9. The van der Waals surface area contributed by atoms with Crippen LogP contribution in [0.4, 0.5) is 0 Å². The van der Waals surface area contributed by atoms with E-state index in [0.717, 1.165) is 30.2 Å². The van der Waals surface area contributed by atoms with Gasteiger partial charge in [0.1, 0.15) is 11.9 Å². The van der Waals surface area contributed by atoms with Crippen molar-refractivity contribution in [1.29, 1.82) is 0 Å². The van der Waals surface area contributed by atoms with E-state index < -0.39 is 0 Å². The molecule has 0 saturated heterocycles. The van der Waals surface area contributed by atoms with E-state index in [0.29, 0.717) is 23.4 Å². The molecule has 1 N–H and O–H groups in total. The van der Waals surface area contributed by atoms with Gasteiger partial charge in [0.05, 0.1) is 18.2 Å². The third kappa shape index (κ3) is 5.33. The molecule has 0 heterocycles. The lowest BCUT2D eigenvalue weighted by molar-refractivity contribution is 0.0136. The van der Waals surface area contributed by atoms with Crippen LogP contribution in [0.15, 0.2) is 83.3 Å². The number of carbonyl (C=O) groups is 2. The van der Waals surface area contributed by atoms with Crippen LogP contribution in [0.3, 0.4) is 0 Å². The smallest absolute Gasteiger partial charge is 0.339 e. The maximum atomic E-state index is 13.0. The number of para-hydroxylation sites is 1. The zero-order valence-corrected chi connectivity index (χ0v) is 20.7. The Balaban J connectivity index is 1.46. The van der Waals surface area contributed by atoms with E-state index in [9.17, 15) is 9.59 Å². The minimum atomic E-state index is -0.311. The van der Waals surface area contributed by atoms with Gasteiger partial charge in [-0.3, -0.25) is 4.79 Å². The zero-order valence-electron chi connectivity index (χ0n) is 19.1. The van der Waals surface area contributed by atoms with Gasteiger partial charge < -0.3 is 14.8 Å². The predicted molar refractivity (Wildman–Crippen MR) is 135 cm³/mol. The molecule has 1 saturated carbocycles. The molecule has 0 bridgehead atoms. The topological polar surface area (TPSA) is 64.6 Å². The van der Waals surface area contributed by atoms with Gasteiger partial charge in [-0.1, -0.05) is 54.6 Å². The molecule has 0 aromatic heterocycles. The zero-order chi connectivity index (χ0) is 24.0. The van der Waals surface area contributed by atoms with E-state index in [4.69, 9.17) is 9.47 Å². The average Bonchev–Trinajstić information content (AvgIpc) is 2.89. The molecule has 3 aromatic carbocycles. The van der Waals surface area contributed by atoms with Crippen molar-refractivity contribution in [2.45, 2.75) is 37.2 Å². The maximum absolute atomic E-state index is 13.0. The van der Waals surface area contributed by atoms with Crippen LogP contribution in [0.2, 0.25) is 0 Å². The Morgan fingerprint density at radius 3 is 2.21 bits per heavy atom. The molecule has 1 fully saturated rings. The summed E-state index contributed by atoms with van der Waals surface area (Å²) in [5.74, 6) is 0.0841. The molecular formula is C28H28BrNO4. The monoisotopic (exact) mass is 521 g/mol. The second kappa shape index (κ2) is 10.9. The molecule has 4 rings (SSSR count). The third-order valence-electron chi connectivity index (χ3n) is 6.58. The molecular weight excluding hydrogens is 494 g/mol. The summed E-state index contributed by atoms with van der Waals surface area (Å²) in [6.07, 6.45) is 2.92. The van der Waals surface area contributed by atoms with Crippen LogP contribution in [0, 0.1) is 0 Å². The van der Waals surface area contributed by atoms with Crippen LogP contribution in [0.5, 0.6) is 5.75 Å². The lowest BCUT2D eigenvalue weighted by atomic mass is 9.68. The van der Waals surface area contributed by atoms with Gasteiger partial charge >= 0.3 is 5.97 Å². The lowest BCUT2D eigenvalue weighted by Crippen LogP contribution is -2.44. The van der Waals surface area contributed by atoms with Crippen LogP contribution in [-0.4, -0.2) is 31.6 Å². The van der Waals surface area contributed by atoms with Crippen LogP contribution in [0.1, 0.15) is 52.0 Å². The molecule has 0 radical (unpaired) electrons. The fourth-order valence-electron chi connectivity index (χ4n) is 4.64. The van der Waals surface area contributed by atoms with Crippen molar-refractivity contribution in [2.24, 2.45) is 0 Å². The fourth-order valence-corrected chi connectivity index (χ4v) is 5.09. The van der Waals surface area contributed by atoms with Crippen molar-refractivity contribution in [1.82, 2.24) is 5.32 Å². The first-order valence-electron chi connectivity index (χ1n) is 11.4. The van der Waals surface area contributed by atoms with Gasteiger partial charge in [-0.25, -0.2) is 4.79 Å². The first-order chi connectivity index (χ1) is 16.5. The number of nitrogens with one attached hydrogen (secondary N) is 1. The molecule has 6 heteroatoms. The molecule has 5 nitrogen and oxygen atoms in total. The van der Waals surface area contributed by atoms with Crippen molar-refractivity contribution < 1.29 is 19.1 Å². The Morgan fingerprint density at radius 1 is 0.912 bits per heavy atom. The molecule has 0 spiro atoms. The normalized spacial score (nSPS) is 19.8. The maximum Gasteiger partial charge on any atom is 0.339 e. The van der Waals surface area contributed by atoms with E-state index in [2.05, 4.69) is 33.4 Å². The van der Waals surface area contributed by atoms with E-state index in [1.54, 1.807) is 25.3 Å². The second-order valence-electron chi connectivity index (χ2n) is 8.61. The Kier molecular flexibility index (Phi) is 7.68. The minimum absolute atomic E-state index is 0.152. The van der Waals surface area contributed by atoms with Crippen LogP contribution >= 0.6 is 15.9 Å². The molecule has 1 amide bonds. The number of esters is 1. The molecule has 1 aliphatic rings. The molecule has 176 valence electrons. The number of benzene rings is 3. The number of carbonyl (C=O) groups excluding carboxylic acids is 2. The molecule has 0 aliphatic heterocycles. The number of ether oxygens (including phenoxy) is 2. The second-order valence-corrected chi connectivity index (χ2v) is 9.47. The Bertz CT molecular complexity index is 1140. The number of rotatable bonds is 7. The molecule has 3 aromatic rings. The molecule has 0 atom stereocenters.